The molecule has 25 heavy (non-hydrogen) atoms. The number of alkyl carbamates (subject to hydrolysis) is 1. The van der Waals surface area contributed by atoms with Crippen LogP contribution in [0.15, 0.2) is 6.20 Å². The van der Waals surface area contributed by atoms with Crippen molar-refractivity contribution in [2.75, 3.05) is 6.54 Å². The fourth-order valence-corrected chi connectivity index (χ4v) is 2.93. The van der Waals surface area contributed by atoms with Crippen molar-refractivity contribution in [1.29, 1.82) is 0 Å². The molecule has 0 aliphatic rings. The van der Waals surface area contributed by atoms with Gasteiger partial charge in [0, 0.05) is 18.5 Å². The van der Waals surface area contributed by atoms with Gasteiger partial charge in [-0.05, 0) is 47.0 Å². The lowest BCUT2D eigenvalue weighted by atomic mass is 10.1. The number of rotatable bonds is 8. The minimum Gasteiger partial charge on any atom is -0.444 e. The molecule has 0 saturated carbocycles. The first-order valence-corrected chi connectivity index (χ1v) is 9.63. The van der Waals surface area contributed by atoms with Crippen molar-refractivity contribution in [3.05, 3.63) is 16.1 Å². The fourth-order valence-electron chi connectivity index (χ4n) is 2.11. The molecule has 1 heterocycles. The number of hydrogen-bond acceptors (Lipinski definition) is 5. The SMILES string of the molecule is CC(C)c1ncc(C(=O)N[C@@H](C)CCCCNC(=O)OC(C)(C)C)s1. The standard InChI is InChI=1S/C18H31N3O3S/c1-12(2)16-20-11-14(25-16)15(22)21-13(3)9-7-8-10-19-17(23)24-18(4,5)6/h11-13H,7-10H2,1-6H3,(H,19,23)(H,21,22)/t13-/m0/s1. The van der Waals surface area contributed by atoms with E-state index in [0.29, 0.717) is 17.3 Å². The van der Waals surface area contributed by atoms with Crippen molar-refractivity contribution < 1.29 is 14.3 Å². The highest BCUT2D eigenvalue weighted by Crippen LogP contribution is 2.21. The predicted octanol–water partition coefficient (Wildman–Crippen LogP) is 4.08. The van der Waals surface area contributed by atoms with Gasteiger partial charge in [0.1, 0.15) is 10.5 Å². The molecule has 0 unspecified atom stereocenters. The third-order valence-corrected chi connectivity index (χ3v) is 4.65. The van der Waals surface area contributed by atoms with Gasteiger partial charge < -0.3 is 15.4 Å². The summed E-state index contributed by atoms with van der Waals surface area (Å²) in [6, 6.07) is 0.0821. The Morgan fingerprint density at radius 3 is 2.48 bits per heavy atom. The van der Waals surface area contributed by atoms with Gasteiger partial charge in [-0.1, -0.05) is 13.8 Å². The Morgan fingerprint density at radius 1 is 1.24 bits per heavy atom. The number of nitrogens with zero attached hydrogens (tertiary/aromatic N) is 1. The molecule has 6 nitrogen and oxygen atoms in total. The summed E-state index contributed by atoms with van der Waals surface area (Å²) in [6.07, 6.45) is 3.87. The summed E-state index contributed by atoms with van der Waals surface area (Å²) in [5.74, 6) is 0.269. The van der Waals surface area contributed by atoms with Crippen LogP contribution in [0.5, 0.6) is 0 Å². The Bertz CT molecular complexity index is 564. The largest absolute Gasteiger partial charge is 0.444 e. The van der Waals surface area contributed by atoms with Gasteiger partial charge in [0.25, 0.3) is 5.91 Å². The maximum Gasteiger partial charge on any atom is 0.407 e. The Morgan fingerprint density at radius 2 is 1.92 bits per heavy atom. The van der Waals surface area contributed by atoms with Gasteiger partial charge in [-0.15, -0.1) is 11.3 Å². The normalized spacial score (nSPS) is 12.8. The van der Waals surface area contributed by atoms with Gasteiger partial charge in [0.05, 0.1) is 11.2 Å². The number of carbonyl (C=O) groups is 2. The van der Waals surface area contributed by atoms with E-state index in [2.05, 4.69) is 29.5 Å². The molecule has 0 radical (unpaired) electrons. The van der Waals surface area contributed by atoms with E-state index in [-0.39, 0.29) is 18.0 Å². The van der Waals surface area contributed by atoms with Gasteiger partial charge in [-0.3, -0.25) is 4.79 Å². The third-order valence-electron chi connectivity index (χ3n) is 3.35. The average molecular weight is 370 g/mol. The molecule has 0 fully saturated rings. The molecule has 2 N–H and O–H groups in total. The lowest BCUT2D eigenvalue weighted by Crippen LogP contribution is -2.33. The summed E-state index contributed by atoms with van der Waals surface area (Å²) in [5.41, 5.74) is -0.477. The topological polar surface area (TPSA) is 80.3 Å². The van der Waals surface area contributed by atoms with Gasteiger partial charge in [-0.25, -0.2) is 9.78 Å². The molecule has 0 aliphatic carbocycles. The number of ether oxygens (including phenoxy) is 1. The summed E-state index contributed by atoms with van der Waals surface area (Å²) < 4.78 is 5.17. The highest BCUT2D eigenvalue weighted by Gasteiger charge is 2.16. The molecule has 0 bridgehead atoms. The molecule has 0 aliphatic heterocycles. The molecule has 142 valence electrons. The van der Waals surface area contributed by atoms with Crippen molar-refractivity contribution in [3.8, 4) is 0 Å². The van der Waals surface area contributed by atoms with Crippen molar-refractivity contribution in [1.82, 2.24) is 15.6 Å². The average Bonchev–Trinajstić information content (AvgIpc) is 2.95. The zero-order valence-corrected chi connectivity index (χ0v) is 17.0. The molecule has 0 aromatic carbocycles. The predicted molar refractivity (Wildman–Crippen MR) is 101 cm³/mol. The molecule has 2 amide bonds. The number of carbonyl (C=O) groups excluding carboxylic acids is 2. The van der Waals surface area contributed by atoms with E-state index in [0.717, 1.165) is 24.3 Å². The van der Waals surface area contributed by atoms with Crippen molar-refractivity contribution in [2.45, 2.75) is 78.4 Å². The minimum absolute atomic E-state index is 0.0659. The van der Waals surface area contributed by atoms with Crippen LogP contribution in [-0.4, -0.2) is 35.2 Å². The number of aromatic nitrogens is 1. The Balaban J connectivity index is 2.21. The van der Waals surface area contributed by atoms with Crippen LogP contribution in [0.3, 0.4) is 0 Å². The molecular weight excluding hydrogens is 338 g/mol. The zero-order valence-electron chi connectivity index (χ0n) is 16.1. The van der Waals surface area contributed by atoms with E-state index in [1.165, 1.54) is 11.3 Å². The molecule has 1 aromatic rings. The minimum atomic E-state index is -0.477. The van der Waals surface area contributed by atoms with Crippen molar-refractivity contribution >= 4 is 23.3 Å². The third kappa shape index (κ3) is 8.86. The summed E-state index contributed by atoms with van der Waals surface area (Å²) in [5, 5.41) is 6.71. The van der Waals surface area contributed by atoms with E-state index < -0.39 is 5.60 Å². The van der Waals surface area contributed by atoms with Crippen LogP contribution in [0.4, 0.5) is 4.79 Å². The van der Waals surface area contributed by atoms with Crippen LogP contribution in [-0.2, 0) is 4.74 Å². The molecule has 7 heteroatoms. The number of unbranched alkanes of at least 4 members (excludes halogenated alkanes) is 1. The highest BCUT2D eigenvalue weighted by atomic mass is 32.1. The molecular formula is C18H31N3O3S. The first kappa shape index (κ1) is 21.4. The van der Waals surface area contributed by atoms with E-state index in [1.54, 1.807) is 6.20 Å². The summed E-state index contributed by atoms with van der Waals surface area (Å²) in [6.45, 7) is 12.2. The summed E-state index contributed by atoms with van der Waals surface area (Å²) >= 11 is 1.45. The lowest BCUT2D eigenvalue weighted by Gasteiger charge is -2.19. The van der Waals surface area contributed by atoms with Crippen LogP contribution in [0, 0.1) is 0 Å². The maximum atomic E-state index is 12.2. The van der Waals surface area contributed by atoms with Gasteiger partial charge in [0.15, 0.2) is 0 Å². The Labute approximate surface area is 154 Å². The zero-order chi connectivity index (χ0) is 19.0. The van der Waals surface area contributed by atoms with Crippen molar-refractivity contribution in [3.63, 3.8) is 0 Å². The monoisotopic (exact) mass is 369 g/mol. The second-order valence-corrected chi connectivity index (χ2v) is 8.58. The smallest absolute Gasteiger partial charge is 0.407 e. The molecule has 1 aromatic heterocycles. The van der Waals surface area contributed by atoms with Gasteiger partial charge in [-0.2, -0.15) is 0 Å². The van der Waals surface area contributed by atoms with Crippen LogP contribution >= 0.6 is 11.3 Å². The molecule has 0 spiro atoms. The second-order valence-electron chi connectivity index (χ2n) is 7.52. The second kappa shape index (κ2) is 9.75. The Hall–Kier alpha value is -1.63. The molecule has 1 atom stereocenters. The molecule has 0 saturated heterocycles. The van der Waals surface area contributed by atoms with Crippen molar-refractivity contribution in [2.24, 2.45) is 0 Å². The highest BCUT2D eigenvalue weighted by molar-refractivity contribution is 7.13. The van der Waals surface area contributed by atoms with Crippen LogP contribution < -0.4 is 10.6 Å². The lowest BCUT2D eigenvalue weighted by molar-refractivity contribution is 0.0527. The number of nitrogens with one attached hydrogen (secondary N) is 2. The molecule has 1 rings (SSSR count). The van der Waals surface area contributed by atoms with Crippen LogP contribution in [0.2, 0.25) is 0 Å². The van der Waals surface area contributed by atoms with Crippen LogP contribution in [0.25, 0.3) is 0 Å². The number of thiazole rings is 1. The Kier molecular flexibility index (Phi) is 8.35. The number of hydrogen-bond donors (Lipinski definition) is 2. The fraction of sp³-hybridized carbons (Fsp3) is 0.722. The number of amides is 2. The van der Waals surface area contributed by atoms with E-state index in [9.17, 15) is 9.59 Å². The van der Waals surface area contributed by atoms with E-state index in [1.807, 2.05) is 27.7 Å². The maximum absolute atomic E-state index is 12.2. The summed E-state index contributed by atoms with van der Waals surface area (Å²) in [4.78, 5) is 28.6. The van der Waals surface area contributed by atoms with Gasteiger partial charge in [0.2, 0.25) is 0 Å². The first-order valence-electron chi connectivity index (χ1n) is 8.82. The first-order chi connectivity index (χ1) is 11.6. The van der Waals surface area contributed by atoms with Gasteiger partial charge >= 0.3 is 6.09 Å². The quantitative estimate of drug-likeness (QED) is 0.677. The van der Waals surface area contributed by atoms with E-state index in [4.69, 9.17) is 4.74 Å². The summed E-state index contributed by atoms with van der Waals surface area (Å²) in [7, 11) is 0. The van der Waals surface area contributed by atoms with Crippen LogP contribution in [0.1, 0.15) is 81.4 Å². The van der Waals surface area contributed by atoms with E-state index >= 15 is 0 Å².